The van der Waals surface area contributed by atoms with Gasteiger partial charge in [0.25, 0.3) is 0 Å². The van der Waals surface area contributed by atoms with Crippen LogP contribution in [0.3, 0.4) is 0 Å². The molecule has 0 aliphatic carbocycles. The molecule has 1 saturated heterocycles. The van der Waals surface area contributed by atoms with E-state index in [1.807, 2.05) is 12.3 Å². The SMILES string of the molecule is CCOC(=O)CCc1csc(NCC2CCCO2)n1. The Kier molecular flexibility index (Phi) is 5.60. The summed E-state index contributed by atoms with van der Waals surface area (Å²) in [6, 6.07) is 0. The van der Waals surface area contributed by atoms with E-state index in [1.165, 1.54) is 0 Å². The Morgan fingerprint density at radius 3 is 3.32 bits per heavy atom. The summed E-state index contributed by atoms with van der Waals surface area (Å²) in [5.41, 5.74) is 0.938. The summed E-state index contributed by atoms with van der Waals surface area (Å²) in [7, 11) is 0. The third kappa shape index (κ3) is 4.80. The molecule has 5 nitrogen and oxygen atoms in total. The van der Waals surface area contributed by atoms with Gasteiger partial charge >= 0.3 is 5.97 Å². The molecule has 6 heteroatoms. The van der Waals surface area contributed by atoms with Crippen molar-refractivity contribution in [3.05, 3.63) is 11.1 Å². The Bertz CT molecular complexity index is 402. The molecule has 0 saturated carbocycles. The van der Waals surface area contributed by atoms with Crippen LogP contribution >= 0.6 is 11.3 Å². The maximum Gasteiger partial charge on any atom is 0.306 e. The van der Waals surface area contributed by atoms with Gasteiger partial charge in [0.15, 0.2) is 5.13 Å². The minimum absolute atomic E-state index is 0.163. The molecule has 0 spiro atoms. The number of anilines is 1. The molecule has 106 valence electrons. The van der Waals surface area contributed by atoms with Crippen LogP contribution in [0, 0.1) is 0 Å². The zero-order valence-corrected chi connectivity index (χ0v) is 12.0. The highest BCUT2D eigenvalue weighted by molar-refractivity contribution is 7.13. The molecule has 1 atom stereocenters. The van der Waals surface area contributed by atoms with Crippen LogP contribution in [0.4, 0.5) is 5.13 Å². The first-order valence-electron chi connectivity index (χ1n) is 6.73. The second-order valence-corrected chi connectivity index (χ2v) is 5.32. The lowest BCUT2D eigenvalue weighted by Crippen LogP contribution is -2.18. The van der Waals surface area contributed by atoms with Gasteiger partial charge in [0.1, 0.15) is 0 Å². The van der Waals surface area contributed by atoms with E-state index in [2.05, 4.69) is 10.3 Å². The number of carbonyl (C=O) groups excluding carboxylic acids is 1. The molecule has 0 aromatic carbocycles. The standard InChI is InChI=1S/C13H20N2O3S/c1-2-17-12(16)6-5-10-9-19-13(15-10)14-8-11-4-3-7-18-11/h9,11H,2-8H2,1H3,(H,14,15). The van der Waals surface area contributed by atoms with E-state index in [1.54, 1.807) is 11.3 Å². The number of esters is 1. The minimum atomic E-state index is -0.163. The first kappa shape index (κ1) is 14.3. The molecular weight excluding hydrogens is 264 g/mol. The first-order valence-corrected chi connectivity index (χ1v) is 7.61. The number of hydrogen-bond acceptors (Lipinski definition) is 6. The molecule has 0 amide bonds. The smallest absolute Gasteiger partial charge is 0.306 e. The molecule has 19 heavy (non-hydrogen) atoms. The van der Waals surface area contributed by atoms with E-state index in [0.717, 1.165) is 36.8 Å². The average Bonchev–Trinajstić information content (AvgIpc) is 3.06. The molecule has 2 rings (SSSR count). The highest BCUT2D eigenvalue weighted by atomic mass is 32.1. The Balaban J connectivity index is 1.70. The van der Waals surface area contributed by atoms with Gasteiger partial charge in [0, 0.05) is 25.0 Å². The number of carbonyl (C=O) groups is 1. The van der Waals surface area contributed by atoms with Gasteiger partial charge < -0.3 is 14.8 Å². The summed E-state index contributed by atoms with van der Waals surface area (Å²) in [5.74, 6) is -0.163. The van der Waals surface area contributed by atoms with Crippen LogP contribution in [0.5, 0.6) is 0 Å². The molecule has 1 aromatic rings. The summed E-state index contributed by atoms with van der Waals surface area (Å²) in [4.78, 5) is 15.7. The lowest BCUT2D eigenvalue weighted by molar-refractivity contribution is -0.143. The molecule has 2 heterocycles. The van der Waals surface area contributed by atoms with Crippen LogP contribution in [0.25, 0.3) is 0 Å². The predicted molar refractivity (Wildman–Crippen MR) is 74.5 cm³/mol. The van der Waals surface area contributed by atoms with Crippen molar-refractivity contribution in [2.45, 2.75) is 38.7 Å². The number of hydrogen-bond donors (Lipinski definition) is 1. The lowest BCUT2D eigenvalue weighted by atomic mass is 10.2. The third-order valence-corrected chi connectivity index (χ3v) is 3.80. The summed E-state index contributed by atoms with van der Waals surface area (Å²) in [5, 5.41) is 6.17. The summed E-state index contributed by atoms with van der Waals surface area (Å²) >= 11 is 1.57. The first-order chi connectivity index (χ1) is 9.28. The Morgan fingerprint density at radius 2 is 2.58 bits per heavy atom. The minimum Gasteiger partial charge on any atom is -0.466 e. The van der Waals surface area contributed by atoms with E-state index >= 15 is 0 Å². The molecule has 1 aliphatic heterocycles. The lowest BCUT2D eigenvalue weighted by Gasteiger charge is -2.09. The Hall–Kier alpha value is -1.14. The van der Waals surface area contributed by atoms with Crippen molar-refractivity contribution in [1.82, 2.24) is 4.98 Å². The Morgan fingerprint density at radius 1 is 1.68 bits per heavy atom. The predicted octanol–water partition coefficient (Wildman–Crippen LogP) is 2.23. The number of nitrogens with zero attached hydrogens (tertiary/aromatic N) is 1. The van der Waals surface area contributed by atoms with Gasteiger partial charge in [0.05, 0.1) is 24.8 Å². The van der Waals surface area contributed by atoms with E-state index in [-0.39, 0.29) is 5.97 Å². The van der Waals surface area contributed by atoms with Crippen LogP contribution in [-0.4, -0.2) is 36.8 Å². The molecule has 1 aromatic heterocycles. The van der Waals surface area contributed by atoms with E-state index in [4.69, 9.17) is 9.47 Å². The fourth-order valence-corrected chi connectivity index (χ4v) is 2.73. The van der Waals surface area contributed by atoms with Gasteiger partial charge in [-0.05, 0) is 19.8 Å². The maximum atomic E-state index is 11.2. The van der Waals surface area contributed by atoms with Gasteiger partial charge in [-0.3, -0.25) is 4.79 Å². The zero-order valence-electron chi connectivity index (χ0n) is 11.2. The molecule has 0 radical (unpaired) electrons. The number of thiazole rings is 1. The van der Waals surface area contributed by atoms with Crippen LogP contribution in [0.1, 0.15) is 31.9 Å². The second kappa shape index (κ2) is 7.45. The highest BCUT2D eigenvalue weighted by Crippen LogP contribution is 2.18. The van der Waals surface area contributed by atoms with Crippen molar-refractivity contribution in [3.63, 3.8) is 0 Å². The van der Waals surface area contributed by atoms with Crippen LogP contribution in [0.15, 0.2) is 5.38 Å². The number of ether oxygens (including phenoxy) is 2. The number of rotatable bonds is 7. The second-order valence-electron chi connectivity index (χ2n) is 4.46. The fourth-order valence-electron chi connectivity index (χ4n) is 1.97. The van der Waals surface area contributed by atoms with Crippen molar-refractivity contribution in [3.8, 4) is 0 Å². The molecule has 1 unspecified atom stereocenters. The van der Waals surface area contributed by atoms with Crippen LogP contribution in [-0.2, 0) is 20.7 Å². The van der Waals surface area contributed by atoms with E-state index < -0.39 is 0 Å². The summed E-state index contributed by atoms with van der Waals surface area (Å²) < 4.78 is 10.4. The Labute approximate surface area is 117 Å². The van der Waals surface area contributed by atoms with Crippen molar-refractivity contribution in [2.24, 2.45) is 0 Å². The van der Waals surface area contributed by atoms with Crippen molar-refractivity contribution < 1.29 is 14.3 Å². The normalized spacial score (nSPS) is 18.5. The van der Waals surface area contributed by atoms with Crippen molar-refractivity contribution in [2.75, 3.05) is 25.1 Å². The zero-order chi connectivity index (χ0) is 13.5. The average molecular weight is 284 g/mol. The van der Waals surface area contributed by atoms with Gasteiger partial charge in [-0.15, -0.1) is 11.3 Å². The van der Waals surface area contributed by atoms with Crippen molar-refractivity contribution >= 4 is 22.4 Å². The molecule has 1 N–H and O–H groups in total. The molecule has 0 bridgehead atoms. The fraction of sp³-hybridized carbons (Fsp3) is 0.692. The van der Waals surface area contributed by atoms with Crippen LogP contribution < -0.4 is 5.32 Å². The largest absolute Gasteiger partial charge is 0.466 e. The van der Waals surface area contributed by atoms with E-state index in [9.17, 15) is 4.79 Å². The number of aryl methyl sites for hydroxylation is 1. The number of nitrogens with one attached hydrogen (secondary N) is 1. The van der Waals surface area contributed by atoms with Gasteiger partial charge in [-0.25, -0.2) is 4.98 Å². The summed E-state index contributed by atoms with van der Waals surface area (Å²) in [6.07, 6.45) is 3.61. The maximum absolute atomic E-state index is 11.2. The van der Waals surface area contributed by atoms with Crippen LogP contribution in [0.2, 0.25) is 0 Å². The van der Waals surface area contributed by atoms with Gasteiger partial charge in [0.2, 0.25) is 0 Å². The quantitative estimate of drug-likeness (QED) is 0.778. The highest BCUT2D eigenvalue weighted by Gasteiger charge is 2.15. The van der Waals surface area contributed by atoms with Gasteiger partial charge in [-0.1, -0.05) is 0 Å². The third-order valence-electron chi connectivity index (χ3n) is 2.95. The topological polar surface area (TPSA) is 60.5 Å². The summed E-state index contributed by atoms with van der Waals surface area (Å²) in [6.45, 7) is 3.93. The monoisotopic (exact) mass is 284 g/mol. The van der Waals surface area contributed by atoms with Crippen molar-refractivity contribution in [1.29, 1.82) is 0 Å². The number of aromatic nitrogens is 1. The molecular formula is C13H20N2O3S. The molecule has 1 fully saturated rings. The van der Waals surface area contributed by atoms with Gasteiger partial charge in [-0.2, -0.15) is 0 Å². The van der Waals surface area contributed by atoms with E-state index in [0.29, 0.717) is 25.6 Å². The molecule has 1 aliphatic rings.